The van der Waals surface area contributed by atoms with Crippen molar-refractivity contribution in [2.45, 2.75) is 13.8 Å². The number of aryl methyl sites for hydroxylation is 2. The van der Waals surface area contributed by atoms with E-state index in [4.69, 9.17) is 9.83 Å². The van der Waals surface area contributed by atoms with Gasteiger partial charge in [-0.05, 0) is 55.3 Å². The van der Waals surface area contributed by atoms with Gasteiger partial charge in [0, 0.05) is 15.5 Å². The van der Waals surface area contributed by atoms with Gasteiger partial charge in [0.05, 0.1) is 0 Å². The summed E-state index contributed by atoms with van der Waals surface area (Å²) in [5.74, 6) is -0.352. The van der Waals surface area contributed by atoms with Crippen molar-refractivity contribution in [1.29, 1.82) is 5.41 Å². The largest absolute Gasteiger partial charge is 0.438 e. The first-order chi connectivity index (χ1) is 10.9. The molecule has 0 fully saturated rings. The summed E-state index contributed by atoms with van der Waals surface area (Å²) in [5, 5.41) is 11.6. The van der Waals surface area contributed by atoms with Crippen LogP contribution < -0.4 is 10.9 Å². The zero-order chi connectivity index (χ0) is 16.6. The maximum atomic E-state index is 12.5. The van der Waals surface area contributed by atoms with Crippen molar-refractivity contribution in [2.75, 3.05) is 5.32 Å². The van der Waals surface area contributed by atoms with Crippen LogP contribution in [0.25, 0.3) is 11.0 Å². The Morgan fingerprint density at radius 3 is 2.70 bits per heavy atom. The average molecular weight is 371 g/mol. The fourth-order valence-corrected chi connectivity index (χ4v) is 2.72. The zero-order valence-corrected chi connectivity index (χ0v) is 14.3. The lowest BCUT2D eigenvalue weighted by Gasteiger charge is -2.10. The van der Waals surface area contributed by atoms with Crippen molar-refractivity contribution in [3.05, 3.63) is 69.2 Å². The lowest BCUT2D eigenvalue weighted by Crippen LogP contribution is -2.21. The predicted molar refractivity (Wildman–Crippen MR) is 93.6 cm³/mol. The van der Waals surface area contributed by atoms with E-state index in [9.17, 15) is 4.79 Å². The van der Waals surface area contributed by atoms with Crippen molar-refractivity contribution in [3.63, 3.8) is 0 Å². The Morgan fingerprint density at radius 2 is 1.91 bits per heavy atom. The molecule has 2 aromatic carbocycles. The molecular weight excluding hydrogens is 356 g/mol. The summed E-state index contributed by atoms with van der Waals surface area (Å²) in [6, 6.07) is 13.0. The maximum absolute atomic E-state index is 12.5. The van der Waals surface area contributed by atoms with E-state index in [0.29, 0.717) is 5.58 Å². The molecule has 0 spiro atoms. The Balaban J connectivity index is 2.02. The molecule has 0 radical (unpaired) electrons. The number of hydrogen-bond donors (Lipinski definition) is 2. The molecule has 4 nitrogen and oxygen atoms in total. The molecule has 0 aliphatic carbocycles. The number of rotatable bonds is 2. The van der Waals surface area contributed by atoms with Gasteiger partial charge in [-0.25, -0.2) is 0 Å². The van der Waals surface area contributed by atoms with Crippen LogP contribution in [0, 0.1) is 19.3 Å². The van der Waals surface area contributed by atoms with E-state index in [1.54, 1.807) is 12.1 Å². The number of halogens is 1. The Bertz CT molecular complexity index is 976. The molecule has 5 heteroatoms. The second kappa shape index (κ2) is 6.01. The van der Waals surface area contributed by atoms with E-state index < -0.39 is 0 Å². The third-order valence-corrected chi connectivity index (χ3v) is 4.11. The van der Waals surface area contributed by atoms with Crippen LogP contribution in [0.2, 0.25) is 0 Å². The molecular formula is C18H15BrN2O2. The Morgan fingerprint density at radius 1 is 1.13 bits per heavy atom. The van der Waals surface area contributed by atoms with Gasteiger partial charge in [0.25, 0.3) is 5.91 Å². The second-order valence-corrected chi connectivity index (χ2v) is 6.36. The molecule has 0 unspecified atom stereocenters. The standard InChI is InChI=1S/C18H15BrN2O2/c1-10-3-4-11(2)15(7-10)21-18(22)14-9-12-8-13(19)5-6-16(12)23-17(14)20/h3-9,20H,1-2H3,(H,21,22). The monoisotopic (exact) mass is 370 g/mol. The van der Waals surface area contributed by atoms with E-state index in [0.717, 1.165) is 26.7 Å². The molecule has 0 saturated carbocycles. The molecule has 2 N–H and O–H groups in total. The molecule has 0 aliphatic heterocycles. The van der Waals surface area contributed by atoms with Crippen LogP contribution in [0.15, 0.2) is 51.4 Å². The summed E-state index contributed by atoms with van der Waals surface area (Å²) in [6.07, 6.45) is 0. The number of benzene rings is 2. The zero-order valence-electron chi connectivity index (χ0n) is 12.7. The van der Waals surface area contributed by atoms with Gasteiger partial charge in [-0.15, -0.1) is 0 Å². The Kier molecular flexibility index (Phi) is 4.05. The molecule has 23 heavy (non-hydrogen) atoms. The normalized spacial score (nSPS) is 10.7. The van der Waals surface area contributed by atoms with Crippen LogP contribution in [0.4, 0.5) is 5.69 Å². The lowest BCUT2D eigenvalue weighted by atomic mass is 10.1. The first-order valence-corrected chi connectivity index (χ1v) is 7.90. The number of nitrogens with one attached hydrogen (secondary N) is 2. The Hall–Kier alpha value is -2.40. The molecule has 1 heterocycles. The van der Waals surface area contributed by atoms with E-state index >= 15 is 0 Å². The van der Waals surface area contributed by atoms with E-state index in [-0.39, 0.29) is 17.0 Å². The number of anilines is 1. The van der Waals surface area contributed by atoms with Gasteiger partial charge in [0.2, 0.25) is 5.55 Å². The highest BCUT2D eigenvalue weighted by atomic mass is 79.9. The SMILES string of the molecule is Cc1ccc(C)c(NC(=O)c2cc3cc(Br)ccc3oc2=N)c1. The number of carbonyl (C=O) groups excluding carboxylic acids is 1. The van der Waals surface area contributed by atoms with Crippen molar-refractivity contribution in [3.8, 4) is 0 Å². The van der Waals surface area contributed by atoms with Crippen LogP contribution in [0.1, 0.15) is 21.5 Å². The fraction of sp³-hybridized carbons (Fsp3) is 0.111. The van der Waals surface area contributed by atoms with Crippen LogP contribution in [0.3, 0.4) is 0 Å². The molecule has 1 amide bonds. The number of hydrogen-bond acceptors (Lipinski definition) is 3. The molecule has 3 aromatic rings. The quantitative estimate of drug-likeness (QED) is 0.694. The third-order valence-electron chi connectivity index (χ3n) is 3.61. The van der Waals surface area contributed by atoms with Crippen LogP contribution in [-0.2, 0) is 0 Å². The molecule has 0 saturated heterocycles. The Labute approximate surface area is 141 Å². The van der Waals surface area contributed by atoms with Gasteiger partial charge < -0.3 is 9.73 Å². The summed E-state index contributed by atoms with van der Waals surface area (Å²) < 4.78 is 6.33. The van der Waals surface area contributed by atoms with Gasteiger partial charge in [0.1, 0.15) is 11.1 Å². The van der Waals surface area contributed by atoms with Crippen molar-refractivity contribution >= 4 is 38.5 Å². The van der Waals surface area contributed by atoms with Crippen molar-refractivity contribution in [1.82, 2.24) is 0 Å². The number of fused-ring (bicyclic) bond motifs is 1. The van der Waals surface area contributed by atoms with Crippen molar-refractivity contribution in [2.24, 2.45) is 0 Å². The number of amides is 1. The predicted octanol–water partition coefficient (Wildman–Crippen LogP) is 4.54. The first-order valence-electron chi connectivity index (χ1n) is 7.10. The van der Waals surface area contributed by atoms with E-state index in [1.807, 2.05) is 44.2 Å². The number of carbonyl (C=O) groups is 1. The molecule has 116 valence electrons. The lowest BCUT2D eigenvalue weighted by molar-refractivity contribution is 0.102. The molecule has 3 rings (SSSR count). The van der Waals surface area contributed by atoms with Crippen molar-refractivity contribution < 1.29 is 9.21 Å². The maximum Gasteiger partial charge on any atom is 0.261 e. The minimum Gasteiger partial charge on any atom is -0.438 e. The smallest absolute Gasteiger partial charge is 0.261 e. The van der Waals surface area contributed by atoms with E-state index in [1.165, 1.54) is 0 Å². The van der Waals surface area contributed by atoms with Gasteiger partial charge in [-0.3, -0.25) is 10.2 Å². The minimum absolute atomic E-state index is 0.150. The fourth-order valence-electron chi connectivity index (χ4n) is 2.34. The van der Waals surface area contributed by atoms with Gasteiger partial charge in [-0.2, -0.15) is 0 Å². The van der Waals surface area contributed by atoms with E-state index in [2.05, 4.69) is 21.2 Å². The van der Waals surface area contributed by atoms with Crippen LogP contribution in [0.5, 0.6) is 0 Å². The summed E-state index contributed by atoms with van der Waals surface area (Å²) >= 11 is 3.39. The highest BCUT2D eigenvalue weighted by Gasteiger charge is 2.13. The molecule has 0 atom stereocenters. The highest BCUT2D eigenvalue weighted by Crippen LogP contribution is 2.21. The average Bonchev–Trinajstić information content (AvgIpc) is 2.50. The summed E-state index contributed by atoms with van der Waals surface area (Å²) in [5.41, 5.74) is 3.39. The van der Waals surface area contributed by atoms with Crippen LogP contribution in [-0.4, -0.2) is 5.91 Å². The summed E-state index contributed by atoms with van der Waals surface area (Å²) in [7, 11) is 0. The molecule has 0 bridgehead atoms. The highest BCUT2D eigenvalue weighted by molar-refractivity contribution is 9.10. The van der Waals surface area contributed by atoms with Gasteiger partial charge in [0.15, 0.2) is 0 Å². The topological polar surface area (TPSA) is 66.1 Å². The molecule has 0 aliphatic rings. The summed E-state index contributed by atoms with van der Waals surface area (Å²) in [4.78, 5) is 12.5. The second-order valence-electron chi connectivity index (χ2n) is 5.44. The van der Waals surface area contributed by atoms with Gasteiger partial charge >= 0.3 is 0 Å². The first kappa shape index (κ1) is 15.5. The van der Waals surface area contributed by atoms with Crippen LogP contribution >= 0.6 is 15.9 Å². The van der Waals surface area contributed by atoms with Gasteiger partial charge in [-0.1, -0.05) is 28.1 Å². The third kappa shape index (κ3) is 3.19. The summed E-state index contributed by atoms with van der Waals surface area (Å²) in [6.45, 7) is 3.90. The molecule has 1 aromatic heterocycles. The minimum atomic E-state index is -0.352.